The van der Waals surface area contributed by atoms with Gasteiger partial charge in [-0.15, -0.1) is 0 Å². The lowest BCUT2D eigenvalue weighted by Crippen LogP contribution is -2.35. The summed E-state index contributed by atoms with van der Waals surface area (Å²) in [6.07, 6.45) is 8.26. The number of benzene rings is 8. The van der Waals surface area contributed by atoms with Crippen LogP contribution < -0.4 is 37.9 Å². The van der Waals surface area contributed by atoms with Crippen molar-refractivity contribution in [3.8, 4) is 46.0 Å². The van der Waals surface area contributed by atoms with Gasteiger partial charge in [0.15, 0.2) is 0 Å². The largest absolute Gasteiger partial charge is 0.497 e. The lowest BCUT2D eigenvalue weighted by molar-refractivity contribution is -0.152. The van der Waals surface area contributed by atoms with Gasteiger partial charge in [0.25, 0.3) is 0 Å². The first-order valence-electron chi connectivity index (χ1n) is 39.3. The number of hydrogen-bond donors (Lipinski definition) is 0. The fourth-order valence-corrected chi connectivity index (χ4v) is 11.8. The molecule has 113 heavy (non-hydrogen) atoms. The Balaban J connectivity index is 0.000000269. The van der Waals surface area contributed by atoms with Crippen molar-refractivity contribution >= 4 is 23.9 Å². The van der Waals surface area contributed by atoms with E-state index in [1.54, 1.807) is 49.2 Å². The number of methoxy groups -OCH3 is 4. The second-order valence-electron chi connectivity index (χ2n) is 28.4. The lowest BCUT2D eigenvalue weighted by atomic mass is 10.0. The molecule has 0 heterocycles. The van der Waals surface area contributed by atoms with Crippen LogP contribution in [0.1, 0.15) is 104 Å². The average molecular weight is 1560 g/mol. The Labute approximate surface area is 673 Å². The first kappa shape index (κ1) is 93.5. The highest BCUT2D eigenvalue weighted by molar-refractivity contribution is 5.70. The molecule has 0 saturated carbocycles. The van der Waals surface area contributed by atoms with Gasteiger partial charge in [-0.1, -0.05) is 149 Å². The molecule has 0 aliphatic carbocycles. The minimum atomic E-state index is -0.294. The van der Waals surface area contributed by atoms with Crippen LogP contribution in [0.4, 0.5) is 0 Å². The topological polar surface area (TPSA) is 192 Å². The van der Waals surface area contributed by atoms with Gasteiger partial charge in [-0.3, -0.25) is 19.2 Å². The molecule has 2 unspecified atom stereocenters. The number of para-hydroxylation sites is 4. The summed E-state index contributed by atoms with van der Waals surface area (Å²) in [4.78, 5) is 54.9. The molecule has 8 aromatic carbocycles. The minimum Gasteiger partial charge on any atom is -0.497 e. The third-order valence-corrected chi connectivity index (χ3v) is 17.7. The van der Waals surface area contributed by atoms with Crippen molar-refractivity contribution in [2.45, 2.75) is 136 Å². The van der Waals surface area contributed by atoms with Crippen LogP contribution in [0.5, 0.6) is 46.0 Å². The number of hydrogen-bond acceptors (Lipinski definition) is 20. The molecule has 0 amide bonds. The number of ether oxygens (including phenoxy) is 12. The Morgan fingerprint density at radius 2 is 0.478 bits per heavy atom. The number of likely N-dealkylation sites (N-methyl/N-ethyl adjacent to an activating group) is 4. The van der Waals surface area contributed by atoms with Gasteiger partial charge < -0.3 is 76.4 Å². The number of esters is 4. The summed E-state index contributed by atoms with van der Waals surface area (Å²) in [6.45, 7) is 11.2. The van der Waals surface area contributed by atoms with Crippen LogP contribution >= 0.6 is 0 Å². The van der Waals surface area contributed by atoms with E-state index < -0.39 is 0 Å². The molecule has 0 bridgehead atoms. The highest BCUT2D eigenvalue weighted by atomic mass is 16.6. The Kier molecular flexibility index (Phi) is 44.5. The number of rotatable bonds is 45. The Morgan fingerprint density at radius 3 is 0.664 bits per heavy atom. The van der Waals surface area contributed by atoms with Crippen molar-refractivity contribution in [2.75, 3.05) is 137 Å². The molecule has 0 saturated heterocycles. The van der Waals surface area contributed by atoms with Gasteiger partial charge in [0.05, 0.1) is 28.4 Å². The van der Waals surface area contributed by atoms with E-state index in [1.165, 1.54) is 22.3 Å². The van der Waals surface area contributed by atoms with Gasteiger partial charge in [-0.25, -0.2) is 0 Å². The van der Waals surface area contributed by atoms with Crippen molar-refractivity contribution in [3.05, 3.63) is 239 Å². The van der Waals surface area contributed by atoms with Gasteiger partial charge >= 0.3 is 23.9 Å². The van der Waals surface area contributed by atoms with Crippen LogP contribution in [0, 0.1) is 0 Å². The van der Waals surface area contributed by atoms with Crippen molar-refractivity contribution < 1.29 is 76.0 Å². The number of carbonyl (C=O) groups excluding carboxylic acids is 4. The zero-order valence-corrected chi connectivity index (χ0v) is 70.0. The average Bonchev–Trinajstić information content (AvgIpc) is 0.880. The summed E-state index contributed by atoms with van der Waals surface area (Å²) < 4.78 is 67.2. The fraction of sp³-hybridized carbons (Fsp3) is 0.441. The smallest absolute Gasteiger partial charge is 0.306 e. The van der Waals surface area contributed by atoms with Gasteiger partial charge in [0.2, 0.25) is 0 Å². The number of carbonyl (C=O) groups is 4. The minimum absolute atomic E-state index is 0.171. The van der Waals surface area contributed by atoms with E-state index in [9.17, 15) is 19.2 Å². The molecular weight excluding hydrogens is 1430 g/mol. The van der Waals surface area contributed by atoms with E-state index in [4.69, 9.17) is 56.8 Å². The quantitative estimate of drug-likeness (QED) is 0.0258. The fourth-order valence-electron chi connectivity index (χ4n) is 11.8. The molecule has 0 aliphatic heterocycles. The maximum Gasteiger partial charge on any atom is 0.306 e. The first-order chi connectivity index (χ1) is 54.5. The highest BCUT2D eigenvalue weighted by Gasteiger charge is 2.22. The van der Waals surface area contributed by atoms with Crippen LogP contribution in [0.3, 0.4) is 0 Å². The van der Waals surface area contributed by atoms with E-state index >= 15 is 0 Å². The van der Waals surface area contributed by atoms with Crippen LogP contribution in [0.15, 0.2) is 194 Å². The standard InChI is InChI=1S/C24H33NO4.3C23H31NO4/c1-5-8-24(26)29-22(17-25(2)3)18-28-23-10-7-6-9-20(23)14-11-19-12-15-21(27-4)16-13-19;3*1-5-23(25)28-21(16-24(2)3)17-27-22-9-7-6-8-19(22)13-10-18-11-14-20(26-4)15-12-18/h6-7,9-10,12-13,15-16,22H,5,8,11,14,17-18H2,1-4H3;3*6-9,11-12,14-15,21H,5,10,13,16-17H2,1-4H3/t;2*21-;/m.10./s1. The molecular formula is C93H126N4O16. The lowest BCUT2D eigenvalue weighted by Gasteiger charge is -2.22. The summed E-state index contributed by atoms with van der Waals surface area (Å²) in [5, 5.41) is 0. The van der Waals surface area contributed by atoms with E-state index in [0.29, 0.717) is 78.3 Å². The van der Waals surface area contributed by atoms with Crippen LogP contribution in [-0.4, -0.2) is 205 Å². The molecule has 20 heteroatoms. The van der Waals surface area contributed by atoms with Crippen LogP contribution in [-0.2, 0) is 89.5 Å². The monoisotopic (exact) mass is 1550 g/mol. The Hall–Kier alpha value is -10.1. The molecule has 0 spiro atoms. The summed E-state index contributed by atoms with van der Waals surface area (Å²) in [5.41, 5.74) is 9.57. The van der Waals surface area contributed by atoms with Gasteiger partial charge in [0, 0.05) is 51.9 Å². The molecule has 8 rings (SSSR count). The zero-order valence-electron chi connectivity index (χ0n) is 70.0. The van der Waals surface area contributed by atoms with Crippen molar-refractivity contribution in [2.24, 2.45) is 0 Å². The summed E-state index contributed by atoms with van der Waals surface area (Å²) in [7, 11) is 22.3. The molecule has 0 fully saturated rings. The molecule has 4 atom stereocenters. The molecule has 0 radical (unpaired) electrons. The van der Waals surface area contributed by atoms with E-state index in [-0.39, 0.29) is 48.3 Å². The van der Waals surface area contributed by atoms with Crippen molar-refractivity contribution in [1.29, 1.82) is 0 Å². The maximum atomic E-state index is 11.9. The Bertz CT molecular complexity index is 3640. The predicted molar refractivity (Wildman–Crippen MR) is 449 cm³/mol. The second-order valence-corrected chi connectivity index (χ2v) is 28.4. The van der Waals surface area contributed by atoms with E-state index in [2.05, 4.69) is 72.8 Å². The van der Waals surface area contributed by atoms with E-state index in [0.717, 1.165) is 126 Å². The number of aryl methyl sites for hydroxylation is 8. The third-order valence-electron chi connectivity index (χ3n) is 17.7. The predicted octanol–water partition coefficient (Wildman–Crippen LogP) is 15.4. The van der Waals surface area contributed by atoms with Gasteiger partial charge in [-0.05, 0) is 231 Å². The van der Waals surface area contributed by atoms with Crippen molar-refractivity contribution in [3.63, 3.8) is 0 Å². The first-order valence-corrected chi connectivity index (χ1v) is 39.3. The van der Waals surface area contributed by atoms with Gasteiger partial charge in [-0.2, -0.15) is 0 Å². The molecule has 614 valence electrons. The van der Waals surface area contributed by atoms with E-state index in [1.807, 2.05) is 204 Å². The van der Waals surface area contributed by atoms with Crippen molar-refractivity contribution in [1.82, 2.24) is 19.6 Å². The highest BCUT2D eigenvalue weighted by Crippen LogP contribution is 2.27. The van der Waals surface area contributed by atoms with Crippen LogP contribution in [0.25, 0.3) is 0 Å². The summed E-state index contributed by atoms with van der Waals surface area (Å²) in [6, 6.07) is 64.7. The molecule has 8 aromatic rings. The number of nitrogens with zero attached hydrogens (tertiary/aromatic N) is 4. The van der Waals surface area contributed by atoms with Gasteiger partial charge in [0.1, 0.15) is 96.8 Å². The normalized spacial score (nSPS) is 11.9. The molecule has 0 N–H and O–H groups in total. The molecule has 0 aliphatic rings. The Morgan fingerprint density at radius 1 is 0.274 bits per heavy atom. The van der Waals surface area contributed by atoms with Crippen LogP contribution in [0.2, 0.25) is 0 Å². The zero-order chi connectivity index (χ0) is 82.1. The summed E-state index contributed by atoms with van der Waals surface area (Å²) >= 11 is 0. The second kappa shape index (κ2) is 53.8. The molecule has 20 nitrogen and oxygen atoms in total. The molecule has 0 aromatic heterocycles. The third kappa shape index (κ3) is 38.3. The SMILES string of the molecule is CCC(=O)OC(COc1ccccc1CCc1ccc(OC)cc1)CN(C)C.CCC(=O)O[C@@H](COc1ccccc1CCc1ccc(OC)cc1)CN(C)C.CCC(=O)O[C@H](COc1ccccc1CCc1ccc(OC)cc1)CN(C)C.CCCC(=O)OC(COc1ccccc1CCc1ccc(OC)cc1)CN(C)C. The summed E-state index contributed by atoms with van der Waals surface area (Å²) in [5.74, 6) is 6.03. The maximum absolute atomic E-state index is 11.9.